The summed E-state index contributed by atoms with van der Waals surface area (Å²) >= 11 is 0. The quantitative estimate of drug-likeness (QED) is 0.795. The molecule has 0 radical (unpaired) electrons. The standard InChI is InChI=1S/C14H25N3O/c1-10(14(18)16-6-2-3-7-16)17-12-4-5-13(17)9-11(15)8-12/h10-13H,2-9,15H2,1H3. The molecule has 0 aromatic rings. The van der Waals surface area contributed by atoms with Crippen molar-refractivity contribution in [1.29, 1.82) is 0 Å². The van der Waals surface area contributed by atoms with Crippen molar-refractivity contribution < 1.29 is 4.79 Å². The zero-order valence-corrected chi connectivity index (χ0v) is 11.3. The minimum Gasteiger partial charge on any atom is -0.341 e. The van der Waals surface area contributed by atoms with Crippen molar-refractivity contribution in [2.45, 2.75) is 69.6 Å². The highest BCUT2D eigenvalue weighted by Gasteiger charge is 2.44. The van der Waals surface area contributed by atoms with Crippen molar-refractivity contribution in [2.75, 3.05) is 13.1 Å². The van der Waals surface area contributed by atoms with Crippen molar-refractivity contribution in [1.82, 2.24) is 9.80 Å². The molecule has 3 unspecified atom stereocenters. The molecule has 0 aromatic heterocycles. The average Bonchev–Trinajstić information content (AvgIpc) is 2.95. The van der Waals surface area contributed by atoms with Gasteiger partial charge in [-0.3, -0.25) is 9.69 Å². The van der Waals surface area contributed by atoms with Crippen molar-refractivity contribution in [3.63, 3.8) is 0 Å². The monoisotopic (exact) mass is 251 g/mol. The molecule has 4 nitrogen and oxygen atoms in total. The van der Waals surface area contributed by atoms with Gasteiger partial charge in [-0.25, -0.2) is 0 Å². The molecule has 18 heavy (non-hydrogen) atoms. The molecule has 3 fully saturated rings. The van der Waals surface area contributed by atoms with E-state index < -0.39 is 0 Å². The fourth-order valence-corrected chi connectivity index (χ4v) is 4.22. The smallest absolute Gasteiger partial charge is 0.239 e. The van der Waals surface area contributed by atoms with Crippen molar-refractivity contribution >= 4 is 5.91 Å². The largest absolute Gasteiger partial charge is 0.341 e. The Labute approximate surface area is 109 Å². The molecule has 3 heterocycles. The Bertz CT molecular complexity index is 313. The number of amides is 1. The number of hydrogen-bond acceptors (Lipinski definition) is 3. The third kappa shape index (κ3) is 2.05. The summed E-state index contributed by atoms with van der Waals surface area (Å²) in [5, 5.41) is 0. The van der Waals surface area contributed by atoms with Gasteiger partial charge in [0.15, 0.2) is 0 Å². The predicted molar refractivity (Wildman–Crippen MR) is 71.1 cm³/mol. The summed E-state index contributed by atoms with van der Waals surface area (Å²) in [7, 11) is 0. The van der Waals surface area contributed by atoms with Gasteiger partial charge >= 0.3 is 0 Å². The summed E-state index contributed by atoms with van der Waals surface area (Å²) < 4.78 is 0. The number of piperidine rings is 1. The molecule has 3 atom stereocenters. The van der Waals surface area contributed by atoms with Gasteiger partial charge in [-0.1, -0.05) is 0 Å². The summed E-state index contributed by atoms with van der Waals surface area (Å²) in [5.74, 6) is 0.347. The Morgan fingerprint density at radius 1 is 1.17 bits per heavy atom. The molecule has 0 saturated carbocycles. The lowest BCUT2D eigenvalue weighted by Gasteiger charge is -2.41. The van der Waals surface area contributed by atoms with Crippen LogP contribution in [0.15, 0.2) is 0 Å². The highest BCUT2D eigenvalue weighted by molar-refractivity contribution is 5.81. The van der Waals surface area contributed by atoms with E-state index in [1.54, 1.807) is 0 Å². The summed E-state index contributed by atoms with van der Waals surface area (Å²) in [6.45, 7) is 4.03. The fraction of sp³-hybridized carbons (Fsp3) is 0.929. The lowest BCUT2D eigenvalue weighted by Crippen LogP contribution is -2.55. The minimum atomic E-state index is 0.0631. The lowest BCUT2D eigenvalue weighted by molar-refractivity contribution is -0.137. The summed E-state index contributed by atoms with van der Waals surface area (Å²) in [5.41, 5.74) is 6.09. The highest BCUT2D eigenvalue weighted by Crippen LogP contribution is 2.37. The maximum absolute atomic E-state index is 12.5. The molecule has 2 bridgehead atoms. The molecule has 0 aromatic carbocycles. The van der Waals surface area contributed by atoms with Crippen LogP contribution in [0, 0.1) is 0 Å². The van der Waals surface area contributed by atoms with Gasteiger partial charge in [-0.15, -0.1) is 0 Å². The van der Waals surface area contributed by atoms with Crippen LogP contribution in [0.3, 0.4) is 0 Å². The molecule has 2 N–H and O–H groups in total. The van der Waals surface area contributed by atoms with E-state index in [1.165, 1.54) is 25.7 Å². The Morgan fingerprint density at radius 2 is 1.72 bits per heavy atom. The van der Waals surface area contributed by atoms with E-state index >= 15 is 0 Å². The molecule has 3 saturated heterocycles. The van der Waals surface area contributed by atoms with Gasteiger partial charge in [0, 0.05) is 31.2 Å². The van der Waals surface area contributed by atoms with Gasteiger partial charge in [0.25, 0.3) is 0 Å². The number of carbonyl (C=O) groups is 1. The fourth-order valence-electron chi connectivity index (χ4n) is 4.22. The van der Waals surface area contributed by atoms with Crippen LogP contribution in [0.4, 0.5) is 0 Å². The van der Waals surface area contributed by atoms with E-state index in [4.69, 9.17) is 5.73 Å². The SMILES string of the molecule is CC(C(=O)N1CCCC1)N1C2CCC1CC(N)C2. The van der Waals surface area contributed by atoms with Crippen LogP contribution in [0.1, 0.15) is 45.4 Å². The van der Waals surface area contributed by atoms with E-state index in [-0.39, 0.29) is 6.04 Å². The second kappa shape index (κ2) is 4.82. The molecular formula is C14H25N3O. The number of nitrogens with two attached hydrogens (primary N) is 1. The van der Waals surface area contributed by atoms with Gasteiger partial charge < -0.3 is 10.6 Å². The molecule has 0 spiro atoms. The van der Waals surface area contributed by atoms with E-state index in [1.807, 2.05) is 0 Å². The first-order valence-corrected chi connectivity index (χ1v) is 7.48. The second-order valence-corrected chi connectivity index (χ2v) is 6.27. The number of likely N-dealkylation sites (tertiary alicyclic amines) is 1. The molecule has 102 valence electrons. The highest BCUT2D eigenvalue weighted by atomic mass is 16.2. The third-order valence-electron chi connectivity index (χ3n) is 5.05. The van der Waals surface area contributed by atoms with Gasteiger partial charge in [-0.05, 0) is 45.4 Å². The topological polar surface area (TPSA) is 49.6 Å². The van der Waals surface area contributed by atoms with E-state index in [9.17, 15) is 4.79 Å². The Balaban J connectivity index is 1.69. The Hall–Kier alpha value is -0.610. The average molecular weight is 251 g/mol. The summed E-state index contributed by atoms with van der Waals surface area (Å²) in [4.78, 5) is 17.0. The van der Waals surface area contributed by atoms with Crippen LogP contribution in [0.2, 0.25) is 0 Å². The van der Waals surface area contributed by atoms with Crippen LogP contribution in [0.25, 0.3) is 0 Å². The molecule has 3 rings (SSSR count). The normalized spacial score (nSPS) is 38.1. The van der Waals surface area contributed by atoms with Crippen molar-refractivity contribution in [2.24, 2.45) is 5.73 Å². The number of nitrogens with zero attached hydrogens (tertiary/aromatic N) is 2. The maximum Gasteiger partial charge on any atom is 0.239 e. The number of carbonyl (C=O) groups excluding carboxylic acids is 1. The van der Waals surface area contributed by atoms with Crippen LogP contribution >= 0.6 is 0 Å². The lowest BCUT2D eigenvalue weighted by atomic mass is 9.96. The zero-order valence-electron chi connectivity index (χ0n) is 11.3. The van der Waals surface area contributed by atoms with Gasteiger partial charge in [0.1, 0.15) is 0 Å². The second-order valence-electron chi connectivity index (χ2n) is 6.27. The van der Waals surface area contributed by atoms with Crippen LogP contribution in [0.5, 0.6) is 0 Å². The van der Waals surface area contributed by atoms with Crippen molar-refractivity contribution in [3.05, 3.63) is 0 Å². The molecule has 1 amide bonds. The minimum absolute atomic E-state index is 0.0631. The predicted octanol–water partition coefficient (Wildman–Crippen LogP) is 0.951. The first-order chi connectivity index (χ1) is 8.66. The Morgan fingerprint density at radius 3 is 2.28 bits per heavy atom. The number of rotatable bonds is 2. The summed E-state index contributed by atoms with van der Waals surface area (Å²) in [6.07, 6.45) is 6.97. The van der Waals surface area contributed by atoms with Gasteiger partial charge in [-0.2, -0.15) is 0 Å². The van der Waals surface area contributed by atoms with Gasteiger partial charge in [0.05, 0.1) is 6.04 Å². The third-order valence-corrected chi connectivity index (χ3v) is 5.05. The molecule has 0 aliphatic carbocycles. The summed E-state index contributed by atoms with van der Waals surface area (Å²) in [6, 6.07) is 1.53. The van der Waals surface area contributed by atoms with Crippen molar-refractivity contribution in [3.8, 4) is 0 Å². The molecular weight excluding hydrogens is 226 g/mol. The first kappa shape index (κ1) is 12.4. The van der Waals surface area contributed by atoms with E-state index in [2.05, 4.69) is 16.7 Å². The van der Waals surface area contributed by atoms with Crippen LogP contribution in [-0.2, 0) is 4.79 Å². The Kier molecular flexibility index (Phi) is 3.32. The number of fused-ring (bicyclic) bond motifs is 2. The maximum atomic E-state index is 12.5. The van der Waals surface area contributed by atoms with E-state index in [0.717, 1.165) is 25.9 Å². The molecule has 3 aliphatic rings. The molecule has 4 heteroatoms. The molecule has 3 aliphatic heterocycles. The van der Waals surface area contributed by atoms with Crippen LogP contribution < -0.4 is 5.73 Å². The van der Waals surface area contributed by atoms with Gasteiger partial charge in [0.2, 0.25) is 5.91 Å². The van der Waals surface area contributed by atoms with E-state index in [0.29, 0.717) is 24.0 Å². The first-order valence-electron chi connectivity index (χ1n) is 7.48. The van der Waals surface area contributed by atoms with Crippen LogP contribution in [-0.4, -0.2) is 53.0 Å². The zero-order chi connectivity index (χ0) is 12.7. The number of hydrogen-bond donors (Lipinski definition) is 1.